The van der Waals surface area contributed by atoms with Gasteiger partial charge in [-0.05, 0) is 25.1 Å². The highest BCUT2D eigenvalue weighted by Gasteiger charge is 2.17. The molecule has 4 rings (SSSR count). The van der Waals surface area contributed by atoms with Crippen LogP contribution >= 0.6 is 0 Å². The van der Waals surface area contributed by atoms with Crippen molar-refractivity contribution in [3.05, 3.63) is 35.7 Å². The summed E-state index contributed by atoms with van der Waals surface area (Å²) >= 11 is 0. The van der Waals surface area contributed by atoms with Gasteiger partial charge in [0, 0.05) is 29.6 Å². The highest BCUT2D eigenvalue weighted by molar-refractivity contribution is 6.05. The largest absolute Gasteiger partial charge is 0.494 e. The molecular formula is C18H20N2O3. The monoisotopic (exact) mass is 312 g/mol. The van der Waals surface area contributed by atoms with Crippen LogP contribution in [0.5, 0.6) is 5.75 Å². The minimum atomic E-state index is 0.777. The SMILES string of the molecule is COc1cccc2c1nc(C)c1cc(CN3CCOCC3)oc12. The highest BCUT2D eigenvalue weighted by atomic mass is 16.5. The Bertz CT molecular complexity index is 850. The molecule has 1 aliphatic heterocycles. The Kier molecular flexibility index (Phi) is 3.67. The lowest BCUT2D eigenvalue weighted by molar-refractivity contribution is 0.0315. The van der Waals surface area contributed by atoms with E-state index in [0.29, 0.717) is 0 Å². The van der Waals surface area contributed by atoms with Gasteiger partial charge in [0.25, 0.3) is 0 Å². The maximum absolute atomic E-state index is 6.19. The molecule has 1 fully saturated rings. The predicted octanol–water partition coefficient (Wildman–Crippen LogP) is 3.13. The fourth-order valence-electron chi connectivity index (χ4n) is 3.18. The van der Waals surface area contributed by atoms with Crippen LogP contribution in [0.1, 0.15) is 11.5 Å². The van der Waals surface area contributed by atoms with Crippen molar-refractivity contribution >= 4 is 21.9 Å². The highest BCUT2D eigenvalue weighted by Crippen LogP contribution is 2.33. The van der Waals surface area contributed by atoms with E-state index in [-0.39, 0.29) is 0 Å². The summed E-state index contributed by atoms with van der Waals surface area (Å²) in [6, 6.07) is 8.06. The minimum absolute atomic E-state index is 0.777. The summed E-state index contributed by atoms with van der Waals surface area (Å²) in [4.78, 5) is 7.07. The lowest BCUT2D eigenvalue weighted by Crippen LogP contribution is -2.35. The van der Waals surface area contributed by atoms with Crippen molar-refractivity contribution in [2.75, 3.05) is 33.4 Å². The Labute approximate surface area is 134 Å². The average molecular weight is 312 g/mol. The van der Waals surface area contributed by atoms with Gasteiger partial charge in [-0.1, -0.05) is 6.07 Å². The number of rotatable bonds is 3. The molecule has 0 amide bonds. The Hall–Kier alpha value is -2.11. The van der Waals surface area contributed by atoms with Crippen molar-refractivity contribution in [2.24, 2.45) is 0 Å². The van der Waals surface area contributed by atoms with Crippen molar-refractivity contribution in [3.63, 3.8) is 0 Å². The number of aromatic nitrogens is 1. The number of morpholine rings is 1. The zero-order chi connectivity index (χ0) is 15.8. The second-order valence-corrected chi connectivity index (χ2v) is 5.90. The molecule has 2 aromatic heterocycles. The number of para-hydroxylation sites is 1. The van der Waals surface area contributed by atoms with Gasteiger partial charge in [0.05, 0.1) is 26.9 Å². The van der Waals surface area contributed by atoms with Crippen LogP contribution in [-0.2, 0) is 11.3 Å². The van der Waals surface area contributed by atoms with Crippen molar-refractivity contribution in [2.45, 2.75) is 13.5 Å². The molecule has 0 N–H and O–H groups in total. The van der Waals surface area contributed by atoms with Gasteiger partial charge in [-0.2, -0.15) is 0 Å². The lowest BCUT2D eigenvalue weighted by atomic mass is 10.1. The third-order valence-electron chi connectivity index (χ3n) is 4.40. The summed E-state index contributed by atoms with van der Waals surface area (Å²) in [5.74, 6) is 1.75. The number of hydrogen-bond acceptors (Lipinski definition) is 5. The van der Waals surface area contributed by atoms with Crippen LogP contribution < -0.4 is 4.74 Å². The van der Waals surface area contributed by atoms with Gasteiger partial charge in [0.15, 0.2) is 0 Å². The zero-order valence-corrected chi connectivity index (χ0v) is 13.5. The smallest absolute Gasteiger partial charge is 0.145 e. The van der Waals surface area contributed by atoms with Crippen molar-refractivity contribution in [1.82, 2.24) is 9.88 Å². The third kappa shape index (κ3) is 2.56. The van der Waals surface area contributed by atoms with Gasteiger partial charge < -0.3 is 13.9 Å². The molecule has 3 heterocycles. The topological polar surface area (TPSA) is 47.7 Å². The number of furan rings is 1. The molecule has 0 radical (unpaired) electrons. The molecule has 0 atom stereocenters. The third-order valence-corrected chi connectivity index (χ3v) is 4.40. The van der Waals surface area contributed by atoms with Crippen LogP contribution in [0.15, 0.2) is 28.7 Å². The van der Waals surface area contributed by atoms with Crippen molar-refractivity contribution in [1.29, 1.82) is 0 Å². The first-order valence-electron chi connectivity index (χ1n) is 7.92. The molecule has 0 saturated carbocycles. The number of ether oxygens (including phenoxy) is 2. The second-order valence-electron chi connectivity index (χ2n) is 5.90. The molecule has 1 aliphatic rings. The van der Waals surface area contributed by atoms with Gasteiger partial charge in [-0.3, -0.25) is 4.90 Å². The first kappa shape index (κ1) is 14.5. The van der Waals surface area contributed by atoms with E-state index in [1.807, 2.05) is 25.1 Å². The molecule has 23 heavy (non-hydrogen) atoms. The Balaban J connectivity index is 1.80. The molecule has 1 aromatic carbocycles. The molecular weight excluding hydrogens is 292 g/mol. The maximum atomic E-state index is 6.19. The van der Waals surface area contributed by atoms with E-state index in [9.17, 15) is 0 Å². The van der Waals surface area contributed by atoms with Crippen LogP contribution in [0.25, 0.3) is 21.9 Å². The van der Waals surface area contributed by atoms with Crippen LogP contribution in [0, 0.1) is 6.92 Å². The summed E-state index contributed by atoms with van der Waals surface area (Å²) in [5, 5.41) is 2.08. The minimum Gasteiger partial charge on any atom is -0.494 e. The number of methoxy groups -OCH3 is 1. The number of benzene rings is 1. The molecule has 5 nitrogen and oxygen atoms in total. The van der Waals surface area contributed by atoms with E-state index >= 15 is 0 Å². The normalized spacial score (nSPS) is 16.3. The predicted molar refractivity (Wildman–Crippen MR) is 88.9 cm³/mol. The average Bonchev–Trinajstić information content (AvgIpc) is 3.00. The summed E-state index contributed by atoms with van der Waals surface area (Å²) in [6.45, 7) is 6.30. The lowest BCUT2D eigenvalue weighted by Gasteiger charge is -2.25. The van der Waals surface area contributed by atoms with E-state index in [2.05, 4.69) is 11.0 Å². The fraction of sp³-hybridized carbons (Fsp3) is 0.389. The maximum Gasteiger partial charge on any atom is 0.145 e. The molecule has 5 heteroatoms. The molecule has 0 spiro atoms. The summed E-state index contributed by atoms with van der Waals surface area (Å²) < 4.78 is 17.0. The van der Waals surface area contributed by atoms with Crippen molar-refractivity contribution < 1.29 is 13.9 Å². The molecule has 1 saturated heterocycles. The van der Waals surface area contributed by atoms with Gasteiger partial charge in [0.1, 0.15) is 22.6 Å². The fourth-order valence-corrected chi connectivity index (χ4v) is 3.18. The van der Waals surface area contributed by atoms with E-state index in [4.69, 9.17) is 18.9 Å². The standard InChI is InChI=1S/C18H20N2O3/c1-12-15-10-13(11-20-6-8-22-9-7-20)23-18(15)14-4-3-5-16(21-2)17(14)19-12/h3-5,10H,6-9,11H2,1-2H3. The number of nitrogens with zero attached hydrogens (tertiary/aromatic N) is 2. The number of pyridine rings is 1. The van der Waals surface area contributed by atoms with Crippen molar-refractivity contribution in [3.8, 4) is 5.75 Å². The Morgan fingerprint density at radius 3 is 2.83 bits per heavy atom. The van der Waals surface area contributed by atoms with E-state index < -0.39 is 0 Å². The molecule has 120 valence electrons. The van der Waals surface area contributed by atoms with Crippen LogP contribution in [0.4, 0.5) is 0 Å². The first-order valence-corrected chi connectivity index (χ1v) is 7.92. The molecule has 3 aromatic rings. The molecule has 0 aliphatic carbocycles. The van der Waals surface area contributed by atoms with E-state index in [1.54, 1.807) is 7.11 Å². The van der Waals surface area contributed by atoms with E-state index in [1.165, 1.54) is 0 Å². The quantitative estimate of drug-likeness (QED) is 0.743. The molecule has 0 bridgehead atoms. The van der Waals surface area contributed by atoms with Crippen LogP contribution in [0.3, 0.4) is 0 Å². The van der Waals surface area contributed by atoms with E-state index in [0.717, 1.165) is 71.9 Å². The Morgan fingerprint density at radius 1 is 1.22 bits per heavy atom. The first-order chi connectivity index (χ1) is 11.3. The Morgan fingerprint density at radius 2 is 2.04 bits per heavy atom. The summed E-state index contributed by atoms with van der Waals surface area (Å²) in [5.41, 5.74) is 2.72. The van der Waals surface area contributed by atoms with Gasteiger partial charge >= 0.3 is 0 Å². The molecule has 0 unspecified atom stereocenters. The second kappa shape index (κ2) is 5.83. The summed E-state index contributed by atoms with van der Waals surface area (Å²) in [6.07, 6.45) is 0. The number of hydrogen-bond donors (Lipinski definition) is 0. The zero-order valence-electron chi connectivity index (χ0n) is 13.5. The summed E-state index contributed by atoms with van der Waals surface area (Å²) in [7, 11) is 1.67. The van der Waals surface area contributed by atoms with Crippen LogP contribution in [0.2, 0.25) is 0 Å². The van der Waals surface area contributed by atoms with Gasteiger partial charge in [-0.25, -0.2) is 4.98 Å². The number of aryl methyl sites for hydroxylation is 1. The van der Waals surface area contributed by atoms with Gasteiger partial charge in [-0.15, -0.1) is 0 Å². The van der Waals surface area contributed by atoms with Gasteiger partial charge in [0.2, 0.25) is 0 Å². The van der Waals surface area contributed by atoms with Crippen LogP contribution in [-0.4, -0.2) is 43.3 Å². The number of fused-ring (bicyclic) bond motifs is 3.